The summed E-state index contributed by atoms with van der Waals surface area (Å²) in [6.07, 6.45) is 2.53. The van der Waals surface area contributed by atoms with E-state index in [1.807, 2.05) is 42.5 Å². The highest BCUT2D eigenvalue weighted by atomic mass is 16.2. The summed E-state index contributed by atoms with van der Waals surface area (Å²) in [7, 11) is 0. The predicted molar refractivity (Wildman–Crippen MR) is 95.1 cm³/mol. The smallest absolute Gasteiger partial charge is 0.259 e. The summed E-state index contributed by atoms with van der Waals surface area (Å²) in [5.74, 6) is -0.208. The summed E-state index contributed by atoms with van der Waals surface area (Å²) in [5.41, 5.74) is 2.47. The number of amides is 2. The molecule has 1 atom stereocenters. The zero-order chi connectivity index (χ0) is 16.9. The number of hydrogen-bond acceptors (Lipinski definition) is 2. The van der Waals surface area contributed by atoms with E-state index >= 15 is 0 Å². The molecule has 1 heterocycles. The highest BCUT2D eigenvalue weighted by Crippen LogP contribution is 2.33. The van der Waals surface area contributed by atoms with Crippen LogP contribution in [-0.4, -0.2) is 24.4 Å². The Morgan fingerprint density at radius 2 is 1.79 bits per heavy atom. The Morgan fingerprint density at radius 1 is 1.08 bits per heavy atom. The van der Waals surface area contributed by atoms with Crippen molar-refractivity contribution in [2.24, 2.45) is 0 Å². The summed E-state index contributed by atoms with van der Waals surface area (Å²) in [5, 5.41) is 2.96. The van der Waals surface area contributed by atoms with Crippen molar-refractivity contribution in [2.45, 2.75) is 32.2 Å². The Hall–Kier alpha value is -2.62. The van der Waals surface area contributed by atoms with Crippen LogP contribution in [0.5, 0.6) is 0 Å². The monoisotopic (exact) mass is 322 g/mol. The van der Waals surface area contributed by atoms with Gasteiger partial charge in [-0.3, -0.25) is 14.5 Å². The van der Waals surface area contributed by atoms with Crippen LogP contribution in [-0.2, 0) is 11.2 Å². The van der Waals surface area contributed by atoms with Gasteiger partial charge in [-0.2, -0.15) is 0 Å². The van der Waals surface area contributed by atoms with Crippen LogP contribution >= 0.6 is 0 Å². The molecule has 24 heavy (non-hydrogen) atoms. The number of carbonyl (C=O) groups is 2. The van der Waals surface area contributed by atoms with Gasteiger partial charge in [0.25, 0.3) is 5.91 Å². The minimum Gasteiger partial charge on any atom is -0.354 e. The second-order valence-corrected chi connectivity index (χ2v) is 6.03. The number of anilines is 1. The summed E-state index contributed by atoms with van der Waals surface area (Å²) < 4.78 is 0. The van der Waals surface area contributed by atoms with Gasteiger partial charge in [0.1, 0.15) is 6.04 Å². The molecule has 0 saturated carbocycles. The summed E-state index contributed by atoms with van der Waals surface area (Å²) in [6.45, 7) is 2.73. The maximum Gasteiger partial charge on any atom is 0.259 e. The normalized spacial score (nSPS) is 15.9. The van der Waals surface area contributed by atoms with Gasteiger partial charge in [-0.05, 0) is 30.2 Å². The molecule has 0 unspecified atom stereocenters. The van der Waals surface area contributed by atoms with Crippen molar-refractivity contribution < 1.29 is 9.59 Å². The van der Waals surface area contributed by atoms with Crippen molar-refractivity contribution in [2.75, 3.05) is 11.4 Å². The molecule has 0 spiro atoms. The third kappa shape index (κ3) is 3.18. The van der Waals surface area contributed by atoms with Gasteiger partial charge in [0, 0.05) is 24.2 Å². The first-order chi connectivity index (χ1) is 11.7. The van der Waals surface area contributed by atoms with Gasteiger partial charge in [-0.15, -0.1) is 0 Å². The first kappa shape index (κ1) is 16.2. The fourth-order valence-corrected chi connectivity index (χ4v) is 3.07. The fraction of sp³-hybridized carbons (Fsp3) is 0.300. The number of nitrogens with zero attached hydrogens (tertiary/aromatic N) is 1. The van der Waals surface area contributed by atoms with Crippen LogP contribution in [0.1, 0.15) is 35.7 Å². The molecule has 1 aliphatic heterocycles. The Kier molecular flexibility index (Phi) is 4.94. The molecular weight excluding hydrogens is 300 g/mol. The molecule has 2 aromatic rings. The number of nitrogens with one attached hydrogen (secondary N) is 1. The maximum absolute atomic E-state index is 13.0. The number of fused-ring (bicyclic) bond motifs is 1. The van der Waals surface area contributed by atoms with Crippen LogP contribution < -0.4 is 10.2 Å². The van der Waals surface area contributed by atoms with Crippen molar-refractivity contribution in [3.63, 3.8) is 0 Å². The number of carbonyl (C=O) groups excluding carboxylic acids is 2. The van der Waals surface area contributed by atoms with Gasteiger partial charge in [0.2, 0.25) is 5.91 Å². The van der Waals surface area contributed by atoms with E-state index in [4.69, 9.17) is 0 Å². The van der Waals surface area contributed by atoms with Gasteiger partial charge >= 0.3 is 0 Å². The fourth-order valence-electron chi connectivity index (χ4n) is 3.07. The third-order valence-corrected chi connectivity index (χ3v) is 4.35. The lowest BCUT2D eigenvalue weighted by Gasteiger charge is -2.25. The lowest BCUT2D eigenvalue weighted by molar-refractivity contribution is -0.122. The number of rotatable bonds is 5. The zero-order valence-electron chi connectivity index (χ0n) is 13.9. The Morgan fingerprint density at radius 3 is 2.54 bits per heavy atom. The molecule has 2 aromatic carbocycles. The quantitative estimate of drug-likeness (QED) is 0.860. The molecule has 0 radical (unpaired) electrons. The van der Waals surface area contributed by atoms with Crippen molar-refractivity contribution in [3.05, 3.63) is 65.7 Å². The molecule has 2 amide bonds. The standard InChI is InChI=1S/C20H22N2O2/c1-2-3-13-21-19(23)18-14-16-11-7-8-12-17(16)22(18)20(24)15-9-5-4-6-10-15/h4-12,18H,2-3,13-14H2,1H3,(H,21,23)/t18-/m1/s1. The van der Waals surface area contributed by atoms with E-state index in [1.54, 1.807) is 17.0 Å². The topological polar surface area (TPSA) is 49.4 Å². The van der Waals surface area contributed by atoms with Crippen LogP contribution in [0.4, 0.5) is 5.69 Å². The van der Waals surface area contributed by atoms with Crippen molar-refractivity contribution in [1.82, 2.24) is 5.32 Å². The van der Waals surface area contributed by atoms with Gasteiger partial charge in [0.05, 0.1) is 0 Å². The Balaban J connectivity index is 1.89. The lowest BCUT2D eigenvalue weighted by atomic mass is 10.1. The molecule has 124 valence electrons. The zero-order valence-corrected chi connectivity index (χ0v) is 13.9. The minimum absolute atomic E-state index is 0.0797. The first-order valence-corrected chi connectivity index (χ1v) is 8.46. The molecule has 0 aromatic heterocycles. The van der Waals surface area contributed by atoms with Crippen LogP contribution in [0.15, 0.2) is 54.6 Å². The first-order valence-electron chi connectivity index (χ1n) is 8.46. The van der Waals surface area contributed by atoms with E-state index < -0.39 is 6.04 Å². The van der Waals surface area contributed by atoms with Gasteiger partial charge < -0.3 is 5.32 Å². The summed E-state index contributed by atoms with van der Waals surface area (Å²) in [6, 6.07) is 16.4. The molecular formula is C20H22N2O2. The van der Waals surface area contributed by atoms with E-state index in [9.17, 15) is 9.59 Å². The van der Waals surface area contributed by atoms with Crippen LogP contribution in [0, 0.1) is 0 Å². The van der Waals surface area contributed by atoms with Crippen LogP contribution in [0.2, 0.25) is 0 Å². The van der Waals surface area contributed by atoms with E-state index in [0.717, 1.165) is 24.1 Å². The molecule has 0 aliphatic carbocycles. The third-order valence-electron chi connectivity index (χ3n) is 4.35. The van der Waals surface area contributed by atoms with Crippen LogP contribution in [0.3, 0.4) is 0 Å². The second kappa shape index (κ2) is 7.30. The maximum atomic E-state index is 13.0. The van der Waals surface area contributed by atoms with Crippen LogP contribution in [0.25, 0.3) is 0 Å². The van der Waals surface area contributed by atoms with E-state index in [-0.39, 0.29) is 11.8 Å². The number of benzene rings is 2. The average Bonchev–Trinajstić information content (AvgIpc) is 3.01. The minimum atomic E-state index is -0.480. The van der Waals surface area contributed by atoms with E-state index in [2.05, 4.69) is 12.2 Å². The Bertz CT molecular complexity index is 727. The van der Waals surface area contributed by atoms with Gasteiger partial charge in [-0.25, -0.2) is 0 Å². The van der Waals surface area contributed by atoms with Crippen molar-refractivity contribution in [3.8, 4) is 0 Å². The molecule has 0 saturated heterocycles. The highest BCUT2D eigenvalue weighted by Gasteiger charge is 2.38. The molecule has 0 fully saturated rings. The number of para-hydroxylation sites is 1. The van der Waals surface area contributed by atoms with Crippen molar-refractivity contribution >= 4 is 17.5 Å². The predicted octanol–water partition coefficient (Wildman–Crippen LogP) is 3.17. The molecule has 1 N–H and O–H groups in total. The molecule has 1 aliphatic rings. The van der Waals surface area contributed by atoms with Crippen molar-refractivity contribution in [1.29, 1.82) is 0 Å². The van der Waals surface area contributed by atoms with Gasteiger partial charge in [0.15, 0.2) is 0 Å². The summed E-state index contributed by atoms with van der Waals surface area (Å²) in [4.78, 5) is 27.3. The molecule has 4 nitrogen and oxygen atoms in total. The number of unbranched alkanes of at least 4 members (excludes halogenated alkanes) is 1. The van der Waals surface area contributed by atoms with Gasteiger partial charge in [-0.1, -0.05) is 49.7 Å². The SMILES string of the molecule is CCCCNC(=O)[C@H]1Cc2ccccc2N1C(=O)c1ccccc1. The summed E-state index contributed by atoms with van der Waals surface area (Å²) >= 11 is 0. The number of hydrogen-bond donors (Lipinski definition) is 1. The van der Waals surface area contributed by atoms with E-state index in [0.29, 0.717) is 18.5 Å². The second-order valence-electron chi connectivity index (χ2n) is 6.03. The lowest BCUT2D eigenvalue weighted by Crippen LogP contribution is -2.48. The Labute approximate surface area is 142 Å². The molecule has 4 heteroatoms. The average molecular weight is 322 g/mol. The van der Waals surface area contributed by atoms with E-state index in [1.165, 1.54) is 0 Å². The highest BCUT2D eigenvalue weighted by molar-refractivity contribution is 6.11. The largest absolute Gasteiger partial charge is 0.354 e. The molecule has 3 rings (SSSR count). The molecule has 0 bridgehead atoms.